The summed E-state index contributed by atoms with van der Waals surface area (Å²) in [6.45, 7) is 0.130. The van der Waals surface area contributed by atoms with Gasteiger partial charge in [-0.25, -0.2) is 9.18 Å². The molecule has 2 N–H and O–H groups in total. The monoisotopic (exact) mass is 394 g/mol. The summed E-state index contributed by atoms with van der Waals surface area (Å²) in [7, 11) is 0. The average Bonchev–Trinajstić information content (AvgIpc) is 2.75. The average molecular weight is 394 g/mol. The van der Waals surface area contributed by atoms with Gasteiger partial charge in [0.15, 0.2) is 0 Å². The summed E-state index contributed by atoms with van der Waals surface area (Å²) in [6, 6.07) is 21.0. The van der Waals surface area contributed by atoms with Crippen LogP contribution in [0.5, 0.6) is 5.75 Å². The molecule has 0 radical (unpaired) electrons. The number of halogens is 1. The van der Waals surface area contributed by atoms with Crippen LogP contribution in [0, 0.1) is 5.82 Å². The van der Waals surface area contributed by atoms with Gasteiger partial charge in [0.2, 0.25) is 0 Å². The highest BCUT2D eigenvalue weighted by molar-refractivity contribution is 5.87. The minimum absolute atomic E-state index is 0.0179. The van der Waals surface area contributed by atoms with Crippen molar-refractivity contribution in [3.05, 3.63) is 101 Å². The number of aliphatic hydroxyl groups is 1. The predicted octanol–water partition coefficient (Wildman–Crippen LogP) is 4.81. The summed E-state index contributed by atoms with van der Waals surface area (Å²) in [6.07, 6.45) is 2.26. The lowest BCUT2D eigenvalue weighted by Crippen LogP contribution is -2.17. The van der Waals surface area contributed by atoms with Crippen molar-refractivity contribution in [2.75, 3.05) is 6.61 Å². The number of fused-ring (bicyclic) bond motifs is 1. The third-order valence-corrected chi connectivity index (χ3v) is 4.77. The zero-order chi connectivity index (χ0) is 20.6. The van der Waals surface area contributed by atoms with Gasteiger partial charge in [-0.1, -0.05) is 42.5 Å². The van der Waals surface area contributed by atoms with Crippen LogP contribution in [0.1, 0.15) is 39.6 Å². The molecule has 3 aromatic carbocycles. The Bertz CT molecular complexity index is 956. The van der Waals surface area contributed by atoms with Crippen LogP contribution in [0.15, 0.2) is 72.8 Å². The molecule has 1 atom stereocenters. The molecule has 29 heavy (non-hydrogen) atoms. The molecule has 0 aromatic heterocycles. The molecular weight excluding hydrogens is 371 g/mol. The zero-order valence-corrected chi connectivity index (χ0v) is 15.9. The molecule has 1 heterocycles. The first kappa shape index (κ1) is 20.6. The van der Waals surface area contributed by atoms with Gasteiger partial charge in [-0.15, -0.1) is 0 Å². The molecule has 150 valence electrons. The molecule has 1 aliphatic rings. The van der Waals surface area contributed by atoms with Crippen LogP contribution < -0.4 is 4.74 Å². The molecule has 4 rings (SSSR count). The second kappa shape index (κ2) is 9.85. The van der Waals surface area contributed by atoms with Gasteiger partial charge in [0.05, 0.1) is 5.56 Å². The second-order valence-electron chi connectivity index (χ2n) is 6.74. The Morgan fingerprint density at radius 3 is 2.45 bits per heavy atom. The normalized spacial score (nSPS) is 14.8. The van der Waals surface area contributed by atoms with Crippen molar-refractivity contribution >= 4 is 5.97 Å². The molecule has 1 unspecified atom stereocenters. The Morgan fingerprint density at radius 1 is 1.03 bits per heavy atom. The van der Waals surface area contributed by atoms with Gasteiger partial charge >= 0.3 is 5.97 Å². The maximum absolute atomic E-state index is 13.2. The topological polar surface area (TPSA) is 66.8 Å². The predicted molar refractivity (Wildman–Crippen MR) is 109 cm³/mol. The zero-order valence-electron chi connectivity index (χ0n) is 15.9. The number of aliphatic hydroxyl groups excluding tert-OH is 1. The molecule has 0 saturated carbocycles. The fourth-order valence-corrected chi connectivity index (χ4v) is 3.35. The van der Waals surface area contributed by atoms with Crippen molar-refractivity contribution in [2.45, 2.75) is 25.4 Å². The van der Waals surface area contributed by atoms with Crippen LogP contribution in [-0.4, -0.2) is 22.8 Å². The van der Waals surface area contributed by atoms with Crippen LogP contribution in [0.2, 0.25) is 0 Å². The number of carboxylic acids is 1. The number of benzene rings is 3. The van der Waals surface area contributed by atoms with E-state index in [1.807, 2.05) is 24.3 Å². The third-order valence-electron chi connectivity index (χ3n) is 4.77. The first-order valence-electron chi connectivity index (χ1n) is 9.50. The van der Waals surface area contributed by atoms with E-state index in [0.29, 0.717) is 12.0 Å². The molecule has 0 saturated heterocycles. The number of aromatic carboxylic acids is 1. The van der Waals surface area contributed by atoms with Crippen LogP contribution in [-0.2, 0) is 12.8 Å². The second-order valence-corrected chi connectivity index (χ2v) is 6.74. The van der Waals surface area contributed by atoms with E-state index in [-0.39, 0.29) is 18.5 Å². The van der Waals surface area contributed by atoms with Crippen molar-refractivity contribution in [2.24, 2.45) is 0 Å². The largest absolute Gasteiger partial charge is 0.485 e. The highest BCUT2D eigenvalue weighted by Crippen LogP contribution is 2.36. The molecule has 3 aromatic rings. The van der Waals surface area contributed by atoms with E-state index in [0.717, 1.165) is 35.3 Å². The molecule has 0 amide bonds. The van der Waals surface area contributed by atoms with E-state index in [2.05, 4.69) is 0 Å². The van der Waals surface area contributed by atoms with Gasteiger partial charge in [0, 0.05) is 6.61 Å². The number of hydrogen-bond acceptors (Lipinski definition) is 3. The van der Waals surface area contributed by atoms with Gasteiger partial charge < -0.3 is 14.9 Å². The van der Waals surface area contributed by atoms with Gasteiger partial charge in [-0.2, -0.15) is 0 Å². The maximum Gasteiger partial charge on any atom is 0.335 e. The minimum Gasteiger partial charge on any atom is -0.485 e. The Hall–Kier alpha value is -3.18. The smallest absolute Gasteiger partial charge is 0.335 e. The highest BCUT2D eigenvalue weighted by Gasteiger charge is 2.23. The van der Waals surface area contributed by atoms with Crippen LogP contribution in [0.25, 0.3) is 0 Å². The fourth-order valence-electron chi connectivity index (χ4n) is 3.35. The summed E-state index contributed by atoms with van der Waals surface area (Å²) in [4.78, 5) is 10.2. The van der Waals surface area contributed by atoms with Crippen LogP contribution >= 0.6 is 0 Å². The minimum atomic E-state index is -0.879. The molecule has 1 aliphatic heterocycles. The lowest BCUT2D eigenvalue weighted by molar-refractivity contribution is 0.0697. The van der Waals surface area contributed by atoms with Crippen molar-refractivity contribution in [3.63, 3.8) is 0 Å². The van der Waals surface area contributed by atoms with Crippen molar-refractivity contribution in [1.29, 1.82) is 0 Å². The molecular formula is C24H23FO4. The number of ether oxygens (including phenoxy) is 1. The van der Waals surface area contributed by atoms with Gasteiger partial charge in [0.25, 0.3) is 0 Å². The molecule has 0 bridgehead atoms. The highest BCUT2D eigenvalue weighted by atomic mass is 19.1. The van der Waals surface area contributed by atoms with Crippen molar-refractivity contribution in [1.82, 2.24) is 0 Å². The Morgan fingerprint density at radius 2 is 1.76 bits per heavy atom. The SMILES string of the molecule is O=C(O)c1ccccc1.OCCc1ccccc1C1CCc2cc(F)ccc2O1. The summed E-state index contributed by atoms with van der Waals surface area (Å²) < 4.78 is 19.2. The van der Waals surface area contributed by atoms with Crippen LogP contribution in [0.4, 0.5) is 4.39 Å². The quantitative estimate of drug-likeness (QED) is 0.666. The summed E-state index contributed by atoms with van der Waals surface area (Å²) >= 11 is 0. The van der Waals surface area contributed by atoms with Gasteiger partial charge in [-0.3, -0.25) is 0 Å². The molecule has 4 nitrogen and oxygen atoms in total. The summed E-state index contributed by atoms with van der Waals surface area (Å²) in [5, 5.41) is 17.5. The Kier molecular flexibility index (Phi) is 6.98. The molecule has 0 spiro atoms. The van der Waals surface area contributed by atoms with Crippen molar-refractivity contribution < 1.29 is 24.1 Å². The summed E-state index contributed by atoms with van der Waals surface area (Å²) in [5.74, 6) is -0.330. The lowest BCUT2D eigenvalue weighted by atomic mass is 9.93. The molecule has 0 fully saturated rings. The third kappa shape index (κ3) is 5.42. The molecule has 0 aliphatic carbocycles. The van der Waals surface area contributed by atoms with Crippen LogP contribution in [0.3, 0.4) is 0 Å². The number of aryl methyl sites for hydroxylation is 1. The number of carboxylic acid groups (broad SMARTS) is 1. The first-order chi connectivity index (χ1) is 14.1. The van der Waals surface area contributed by atoms with E-state index >= 15 is 0 Å². The summed E-state index contributed by atoms with van der Waals surface area (Å²) in [5.41, 5.74) is 3.50. The van der Waals surface area contributed by atoms with E-state index in [1.165, 1.54) is 6.07 Å². The standard InChI is InChI=1S/C17H17FO2.C7H6O2/c18-14-6-8-16-13(11-14)5-7-17(20-16)15-4-2-1-3-12(15)9-10-19;8-7(9)6-4-2-1-3-5-6/h1-4,6,8,11,17,19H,5,7,9-10H2;1-5H,(H,8,9). The fraction of sp³-hybridized carbons (Fsp3) is 0.208. The van der Waals surface area contributed by atoms with Gasteiger partial charge in [-0.05, 0) is 66.3 Å². The molecule has 5 heteroatoms. The Balaban J connectivity index is 0.000000224. The van der Waals surface area contributed by atoms with Crippen molar-refractivity contribution in [3.8, 4) is 5.75 Å². The van der Waals surface area contributed by atoms with E-state index in [9.17, 15) is 9.18 Å². The number of carbonyl (C=O) groups is 1. The van der Waals surface area contributed by atoms with E-state index < -0.39 is 5.97 Å². The van der Waals surface area contributed by atoms with E-state index in [4.69, 9.17) is 14.9 Å². The Labute approximate surface area is 169 Å². The van der Waals surface area contributed by atoms with Gasteiger partial charge in [0.1, 0.15) is 17.7 Å². The maximum atomic E-state index is 13.2. The number of rotatable bonds is 4. The first-order valence-corrected chi connectivity index (χ1v) is 9.50. The number of hydrogen-bond donors (Lipinski definition) is 2. The van der Waals surface area contributed by atoms with E-state index in [1.54, 1.807) is 42.5 Å². The lowest BCUT2D eigenvalue weighted by Gasteiger charge is -2.28.